The van der Waals surface area contributed by atoms with Crippen molar-refractivity contribution in [3.8, 4) is 0 Å². The second-order valence-corrected chi connectivity index (χ2v) is 5.49. The van der Waals surface area contributed by atoms with E-state index in [0.29, 0.717) is 10.2 Å². The maximum absolute atomic E-state index is 12.0. The third-order valence-electron chi connectivity index (χ3n) is 3.10. The third-order valence-corrected chi connectivity index (χ3v) is 3.79. The summed E-state index contributed by atoms with van der Waals surface area (Å²) in [6.07, 6.45) is 0.187. The van der Waals surface area contributed by atoms with E-state index in [0.717, 1.165) is 17.0 Å². The van der Waals surface area contributed by atoms with Gasteiger partial charge < -0.3 is 10.4 Å². The monoisotopic (exact) mass is 351 g/mol. The number of aromatic amines is 1. The number of aryl methyl sites for hydroxylation is 2. The van der Waals surface area contributed by atoms with Crippen LogP contribution in [0.1, 0.15) is 27.3 Å². The number of H-pyrrole nitrogens is 1. The molecule has 0 spiro atoms. The Morgan fingerprint density at radius 1 is 1.38 bits per heavy atom. The van der Waals surface area contributed by atoms with Crippen molar-refractivity contribution in [3.05, 3.63) is 45.2 Å². The van der Waals surface area contributed by atoms with E-state index >= 15 is 0 Å². The van der Waals surface area contributed by atoms with Crippen molar-refractivity contribution in [3.63, 3.8) is 0 Å². The van der Waals surface area contributed by atoms with Crippen molar-refractivity contribution >= 4 is 33.5 Å². The molecule has 0 saturated heterocycles. The predicted octanol–water partition coefficient (Wildman–Crippen LogP) is 2.67. The zero-order valence-electron chi connectivity index (χ0n) is 11.5. The van der Waals surface area contributed by atoms with Crippen molar-refractivity contribution in [2.24, 2.45) is 0 Å². The highest BCUT2D eigenvalue weighted by Gasteiger charge is 2.13. The number of rotatable bonds is 4. The Bertz CT molecular complexity index is 690. The summed E-state index contributed by atoms with van der Waals surface area (Å²) in [4.78, 5) is 23.1. The Labute approximate surface area is 129 Å². The predicted molar refractivity (Wildman–Crippen MR) is 81.5 cm³/mol. The molecule has 0 aliphatic carbocycles. The van der Waals surface area contributed by atoms with Gasteiger partial charge in [0.15, 0.2) is 0 Å². The summed E-state index contributed by atoms with van der Waals surface area (Å²) < 4.78 is 0.467. The van der Waals surface area contributed by atoms with Crippen molar-refractivity contribution in [1.82, 2.24) is 10.2 Å². The Hall–Kier alpha value is -2.15. The summed E-state index contributed by atoms with van der Waals surface area (Å²) in [5.41, 5.74) is 3.03. The summed E-state index contributed by atoms with van der Waals surface area (Å²) in [6.45, 7) is 3.68. The fourth-order valence-electron chi connectivity index (χ4n) is 1.97. The number of hydrogen-bond donors (Lipinski definition) is 3. The van der Waals surface area contributed by atoms with Crippen LogP contribution in [0.5, 0.6) is 0 Å². The number of carbonyl (C=O) groups excluding carboxylic acids is 1. The normalized spacial score (nSPS) is 10.4. The molecule has 3 N–H and O–H groups in total. The molecular formula is C14H14BrN3O3. The Morgan fingerprint density at radius 3 is 2.67 bits per heavy atom. The van der Waals surface area contributed by atoms with Crippen LogP contribution < -0.4 is 5.32 Å². The maximum atomic E-state index is 12.0. The highest BCUT2D eigenvalue weighted by molar-refractivity contribution is 9.10. The molecule has 1 aromatic carbocycles. The van der Waals surface area contributed by atoms with Gasteiger partial charge in [-0.1, -0.05) is 0 Å². The number of amides is 1. The number of carbonyl (C=O) groups is 2. The molecule has 6 nitrogen and oxygen atoms in total. The molecule has 0 bridgehead atoms. The molecule has 0 aliphatic heterocycles. The number of nitrogens with zero attached hydrogens (tertiary/aromatic N) is 1. The number of aromatic nitrogens is 2. The SMILES string of the molecule is Cc1n[nH]c(C)c1CC(=O)Nc1ccc(Br)c(C(=O)O)c1. The summed E-state index contributed by atoms with van der Waals surface area (Å²) in [6, 6.07) is 4.65. The molecule has 1 amide bonds. The van der Waals surface area contributed by atoms with Gasteiger partial charge >= 0.3 is 5.97 Å². The maximum Gasteiger partial charge on any atom is 0.336 e. The lowest BCUT2D eigenvalue weighted by atomic mass is 10.1. The molecule has 0 radical (unpaired) electrons. The summed E-state index contributed by atoms with van der Waals surface area (Å²) in [5, 5.41) is 18.6. The smallest absolute Gasteiger partial charge is 0.336 e. The number of aromatic carboxylic acids is 1. The van der Waals surface area contributed by atoms with Crippen LogP contribution in [0.4, 0.5) is 5.69 Å². The molecule has 2 rings (SSSR count). The van der Waals surface area contributed by atoms with Gasteiger partial charge in [0.2, 0.25) is 5.91 Å². The average Bonchev–Trinajstić information content (AvgIpc) is 2.72. The molecular weight excluding hydrogens is 338 g/mol. The van der Waals surface area contributed by atoms with E-state index in [1.54, 1.807) is 12.1 Å². The lowest BCUT2D eigenvalue weighted by Crippen LogP contribution is -2.15. The third kappa shape index (κ3) is 3.49. The van der Waals surface area contributed by atoms with Crippen LogP contribution >= 0.6 is 15.9 Å². The van der Waals surface area contributed by atoms with E-state index in [-0.39, 0.29) is 17.9 Å². The topological polar surface area (TPSA) is 95.1 Å². The van der Waals surface area contributed by atoms with Gasteiger partial charge in [-0.3, -0.25) is 9.89 Å². The number of benzene rings is 1. The number of carboxylic acid groups (broad SMARTS) is 1. The van der Waals surface area contributed by atoms with E-state index in [4.69, 9.17) is 5.11 Å². The number of hydrogen-bond acceptors (Lipinski definition) is 3. The summed E-state index contributed by atoms with van der Waals surface area (Å²) >= 11 is 3.16. The van der Waals surface area contributed by atoms with Crippen LogP contribution in [0.2, 0.25) is 0 Å². The molecule has 0 atom stereocenters. The van der Waals surface area contributed by atoms with Crippen LogP contribution in [-0.4, -0.2) is 27.2 Å². The highest BCUT2D eigenvalue weighted by Crippen LogP contribution is 2.21. The van der Waals surface area contributed by atoms with Gasteiger partial charge in [-0.05, 0) is 48.0 Å². The highest BCUT2D eigenvalue weighted by atomic mass is 79.9. The fraction of sp³-hybridized carbons (Fsp3) is 0.214. The quantitative estimate of drug-likeness (QED) is 0.788. The average molecular weight is 352 g/mol. The number of anilines is 1. The molecule has 0 fully saturated rings. The Balaban J connectivity index is 2.13. The zero-order valence-corrected chi connectivity index (χ0v) is 13.1. The Morgan fingerprint density at radius 2 is 2.10 bits per heavy atom. The van der Waals surface area contributed by atoms with Crippen LogP contribution in [0, 0.1) is 13.8 Å². The molecule has 7 heteroatoms. The van der Waals surface area contributed by atoms with E-state index in [2.05, 4.69) is 31.4 Å². The second-order valence-electron chi connectivity index (χ2n) is 4.64. The molecule has 0 aliphatic rings. The Kier molecular flexibility index (Phi) is 4.42. The second kappa shape index (κ2) is 6.09. The molecule has 0 saturated carbocycles. The van der Waals surface area contributed by atoms with Gasteiger partial charge in [-0.25, -0.2) is 4.79 Å². The van der Waals surface area contributed by atoms with Gasteiger partial charge in [0, 0.05) is 21.4 Å². The van der Waals surface area contributed by atoms with E-state index in [1.807, 2.05) is 13.8 Å². The van der Waals surface area contributed by atoms with Gasteiger partial charge in [-0.2, -0.15) is 5.10 Å². The summed E-state index contributed by atoms with van der Waals surface area (Å²) in [5.74, 6) is -1.28. The summed E-state index contributed by atoms with van der Waals surface area (Å²) in [7, 11) is 0. The van der Waals surface area contributed by atoms with Gasteiger partial charge in [0.25, 0.3) is 0 Å². The number of carboxylic acids is 1. The molecule has 21 heavy (non-hydrogen) atoms. The minimum Gasteiger partial charge on any atom is -0.478 e. The van der Waals surface area contributed by atoms with Gasteiger partial charge in [0.05, 0.1) is 17.7 Å². The first-order valence-electron chi connectivity index (χ1n) is 6.21. The van der Waals surface area contributed by atoms with E-state index < -0.39 is 5.97 Å². The minimum absolute atomic E-state index is 0.100. The van der Waals surface area contributed by atoms with Crippen LogP contribution in [0.3, 0.4) is 0 Å². The van der Waals surface area contributed by atoms with Gasteiger partial charge in [0.1, 0.15) is 0 Å². The number of nitrogens with one attached hydrogen (secondary N) is 2. The molecule has 1 heterocycles. The first-order valence-corrected chi connectivity index (χ1v) is 7.01. The molecule has 2 aromatic rings. The van der Waals surface area contributed by atoms with Crippen LogP contribution in [-0.2, 0) is 11.2 Å². The van der Waals surface area contributed by atoms with E-state index in [9.17, 15) is 9.59 Å². The van der Waals surface area contributed by atoms with Crippen LogP contribution in [0.15, 0.2) is 22.7 Å². The molecule has 1 aromatic heterocycles. The lowest BCUT2D eigenvalue weighted by molar-refractivity contribution is -0.115. The lowest BCUT2D eigenvalue weighted by Gasteiger charge is -2.07. The largest absolute Gasteiger partial charge is 0.478 e. The van der Waals surface area contributed by atoms with Crippen LogP contribution in [0.25, 0.3) is 0 Å². The van der Waals surface area contributed by atoms with Crippen molar-refractivity contribution in [1.29, 1.82) is 0 Å². The molecule has 110 valence electrons. The first-order chi connectivity index (χ1) is 9.88. The number of halogens is 1. The first kappa shape index (κ1) is 15.2. The van der Waals surface area contributed by atoms with Crippen molar-refractivity contribution in [2.75, 3.05) is 5.32 Å². The zero-order chi connectivity index (χ0) is 15.6. The fourth-order valence-corrected chi connectivity index (χ4v) is 2.38. The van der Waals surface area contributed by atoms with E-state index in [1.165, 1.54) is 6.07 Å². The van der Waals surface area contributed by atoms with Crippen molar-refractivity contribution in [2.45, 2.75) is 20.3 Å². The van der Waals surface area contributed by atoms with Crippen molar-refractivity contribution < 1.29 is 14.7 Å². The van der Waals surface area contributed by atoms with Gasteiger partial charge in [-0.15, -0.1) is 0 Å². The minimum atomic E-state index is -1.06. The standard InChI is InChI=1S/C14H14BrN3O3/c1-7-10(8(2)18-17-7)6-13(19)16-9-3-4-12(15)11(5-9)14(20)21/h3-5H,6H2,1-2H3,(H,16,19)(H,17,18)(H,20,21). The molecule has 0 unspecified atom stereocenters.